The molecule has 128 heavy (non-hydrogen) atoms. The number of ether oxygens (including phenoxy) is 16. The maximum atomic E-state index is 15.7. The van der Waals surface area contributed by atoms with Crippen molar-refractivity contribution >= 4 is 71.5 Å². The van der Waals surface area contributed by atoms with Gasteiger partial charge < -0.3 is 107 Å². The highest BCUT2D eigenvalue weighted by atomic mass is 16.7. The molecule has 4 saturated carbocycles. The van der Waals surface area contributed by atoms with Crippen LogP contribution in [0.5, 0.6) is 0 Å². The van der Waals surface area contributed by atoms with Crippen LogP contribution in [0, 0.1) is 33.5 Å². The number of aliphatic hydroxyl groups excluding tert-OH is 1. The fraction of sp³-hybridized carbons (Fsp3) is 0.574. The molecular formula is C94H118N2O32. The van der Waals surface area contributed by atoms with Crippen LogP contribution in [0.1, 0.15) is 180 Å². The maximum absolute atomic E-state index is 15.7. The number of carbonyl (C=O) groups excluding carboxylic acids is 11. The lowest BCUT2D eigenvalue weighted by Crippen LogP contribution is -2.82. The number of carboxylic acids is 1. The van der Waals surface area contributed by atoms with Crippen molar-refractivity contribution in [3.63, 3.8) is 0 Å². The fourth-order valence-corrected chi connectivity index (χ4v) is 20.6. The van der Waals surface area contributed by atoms with Crippen LogP contribution >= 0.6 is 0 Å². The Labute approximate surface area is 742 Å². The topological polar surface area (TPSA) is 458 Å². The molecule has 0 radical (unpaired) electrons. The van der Waals surface area contributed by atoms with E-state index in [9.17, 15) is 63.3 Å². The average Bonchev–Trinajstić information content (AvgIpc) is 0.671. The number of benzene rings is 4. The highest BCUT2D eigenvalue weighted by Crippen LogP contribution is 2.68. The van der Waals surface area contributed by atoms with Crippen molar-refractivity contribution in [3.8, 4) is 0 Å². The van der Waals surface area contributed by atoms with E-state index >= 15 is 9.59 Å². The number of fused-ring (bicyclic) bond motifs is 10. The summed E-state index contributed by atoms with van der Waals surface area (Å²) in [5.74, 6) is -12.0. The molecule has 34 nitrogen and oxygen atoms in total. The number of amides is 2. The first-order valence-corrected chi connectivity index (χ1v) is 42.3. The van der Waals surface area contributed by atoms with E-state index in [1.807, 2.05) is 0 Å². The van der Waals surface area contributed by atoms with Crippen LogP contribution in [-0.2, 0) is 114 Å². The molecule has 34 heteroatoms. The normalized spacial score (nSPS) is 31.6. The molecule has 4 aromatic carbocycles. The number of aliphatic hydroxyl groups is 3. The average molecular weight is 1790 g/mol. The molecule has 4 aromatic rings. The fourth-order valence-electron chi connectivity index (χ4n) is 20.6. The summed E-state index contributed by atoms with van der Waals surface area (Å²) in [5, 5.41) is 53.6. The Balaban J connectivity index is 0.000000250. The van der Waals surface area contributed by atoms with Gasteiger partial charge in [0.25, 0.3) is 0 Å². The van der Waals surface area contributed by atoms with Crippen molar-refractivity contribution in [2.75, 3.05) is 54.9 Å². The van der Waals surface area contributed by atoms with E-state index in [2.05, 4.69) is 10.6 Å². The third-order valence-corrected chi connectivity index (χ3v) is 26.7. The summed E-state index contributed by atoms with van der Waals surface area (Å²) in [4.78, 5) is 166. The molecule has 12 rings (SSSR count). The zero-order valence-electron chi connectivity index (χ0n) is 75.7. The van der Waals surface area contributed by atoms with E-state index in [-0.39, 0.29) is 59.5 Å². The standard InChI is InChI=1S/C49H61NO18.C45H57NO14/c1-26-30(64-43(57)38(65-34(54)24-62-23-33(52)53)36(28-17-13-11-14-18-28)50-44(58)68-45(3,4)5)22-49(59)41(66-42(56)29-19-15-12-16-20-29)39-47(8,40(55)37(61-10)35(26)46(49,6)7)31(60-9)21-32-48(39,25-63-32)67-27(2)51;1-24-28(57-39(51)33(48)32(26-17-13-11-14-18-26)46-40(52)60-41(3,4)5)22-45(53)37(58-38(50)27-19-15-12-16-20-27)35-43(8,36(49)34(55-10)31(24)42(45,6)7)29(54-9)21-30-44(35,23-56-30)59-25(2)47/h11-20,30-32,36-39,41,59H,21-25H2,1-10H3,(H,50,58)(H,52,53);11-20,28-30,32-35,37,48,53H,21-23H2,1-10H3,(H,46,52)/t30-,31-,32+,36-,37+,38+,39-,41-,47+,48-,49+;28-,29-,30+,32-,33+,34+,35-,37-,43+,44-,45+/m00/s1. The zero-order valence-corrected chi connectivity index (χ0v) is 75.7. The molecule has 0 aromatic heterocycles. The molecule has 2 saturated heterocycles. The Hall–Kier alpha value is -10.4. The SMILES string of the molecule is CO[C@H]1C(=O)[C@]2(C)[C@@H](OC)C[C@H]3OC[C@@]3(OC(C)=O)[C@H]2[C@H](OC(=O)c2ccccc2)[C@]2(O)C[C@H](OC(=O)[C@H](O)[C@@H](NC(=O)OC(C)(C)C)c3ccccc3)C(C)=C1C2(C)C.CO[C@H]1C(=O)[C@]2(C)[C@@H](OC)C[C@H]3OC[C@@]3(OC(C)=O)[C@H]2[C@H](OC(=O)c2ccccc2)[C@]2(O)C[C@H](OC(=O)[C@H](OC(=O)COCC(=O)O)[C@@H](NC(=O)OC(C)(C)C)c3ccccc3)C(C)=C1C2(C)C. The van der Waals surface area contributed by atoms with Crippen LogP contribution in [0.2, 0.25) is 0 Å². The second kappa shape index (κ2) is 37.6. The molecule has 6 aliphatic carbocycles. The van der Waals surface area contributed by atoms with Gasteiger partial charge in [0.05, 0.1) is 65.3 Å². The minimum Gasteiger partial charge on any atom is -0.480 e. The van der Waals surface area contributed by atoms with Crippen molar-refractivity contribution in [1.82, 2.24) is 10.6 Å². The van der Waals surface area contributed by atoms with Gasteiger partial charge in [0.15, 0.2) is 28.9 Å². The molecule has 2 heterocycles. The second-order valence-electron chi connectivity index (χ2n) is 37.3. The van der Waals surface area contributed by atoms with Gasteiger partial charge >= 0.3 is 59.9 Å². The first kappa shape index (κ1) is 98.2. The summed E-state index contributed by atoms with van der Waals surface area (Å²) < 4.78 is 95.7. The Bertz CT molecular complexity index is 4910. The molecule has 2 aliphatic heterocycles. The Morgan fingerprint density at radius 1 is 0.500 bits per heavy atom. The number of hydrogen-bond acceptors (Lipinski definition) is 31. The minimum atomic E-state index is -2.34. The number of aliphatic carboxylic acids is 1. The molecule has 0 unspecified atom stereocenters. The van der Waals surface area contributed by atoms with Gasteiger partial charge in [-0.25, -0.2) is 38.4 Å². The Morgan fingerprint density at radius 2 is 0.859 bits per heavy atom. The first-order chi connectivity index (χ1) is 59.9. The van der Waals surface area contributed by atoms with Crippen molar-refractivity contribution in [2.24, 2.45) is 33.5 Å². The summed E-state index contributed by atoms with van der Waals surface area (Å²) in [5.41, 5.74) is -14.3. The zero-order chi connectivity index (χ0) is 94.3. The number of carboxylic acid groups (broad SMARTS) is 1. The molecule has 8 aliphatic rings. The highest BCUT2D eigenvalue weighted by molar-refractivity contribution is 5.96. The van der Waals surface area contributed by atoms with E-state index in [0.717, 1.165) is 0 Å². The van der Waals surface area contributed by atoms with Crippen molar-refractivity contribution in [2.45, 2.75) is 255 Å². The molecule has 6 fully saturated rings. The van der Waals surface area contributed by atoms with Gasteiger partial charge in [-0.2, -0.15) is 0 Å². The number of carbonyl (C=O) groups is 12. The van der Waals surface area contributed by atoms with Crippen molar-refractivity contribution < 1.29 is 154 Å². The summed E-state index contributed by atoms with van der Waals surface area (Å²) in [6.07, 6.45) is -19.4. The maximum Gasteiger partial charge on any atom is 0.408 e. The largest absolute Gasteiger partial charge is 0.480 e. The second-order valence-corrected chi connectivity index (χ2v) is 37.3. The quantitative estimate of drug-likeness (QED) is 0.0205. The summed E-state index contributed by atoms with van der Waals surface area (Å²) in [7, 11) is 5.49. The number of methoxy groups -OCH3 is 4. The van der Waals surface area contributed by atoms with Gasteiger partial charge in [0, 0.05) is 78.8 Å². The lowest BCUT2D eigenvalue weighted by molar-refractivity contribution is -0.347. The predicted octanol–water partition coefficient (Wildman–Crippen LogP) is 8.79. The van der Waals surface area contributed by atoms with Crippen LogP contribution in [0.3, 0.4) is 0 Å². The lowest BCUT2D eigenvalue weighted by atomic mass is 9.44. The number of alkyl carbamates (subject to hydrolysis) is 2. The number of Topliss-reactive ketones (excluding diaryl/α,β-unsaturated/α-hetero) is 2. The summed E-state index contributed by atoms with van der Waals surface area (Å²) in [6.45, 7) is 23.1. The van der Waals surface area contributed by atoms with Crippen LogP contribution in [0.25, 0.3) is 0 Å². The van der Waals surface area contributed by atoms with Gasteiger partial charge in [-0.1, -0.05) is 125 Å². The number of rotatable bonds is 25. The number of nitrogens with one attached hydrogen (secondary N) is 2. The smallest absolute Gasteiger partial charge is 0.408 e. The molecule has 2 amide bonds. The highest BCUT2D eigenvalue weighted by Gasteiger charge is 2.81. The van der Waals surface area contributed by atoms with Gasteiger partial charge in [-0.05, 0) is 127 Å². The predicted molar refractivity (Wildman–Crippen MR) is 449 cm³/mol. The van der Waals surface area contributed by atoms with E-state index in [0.29, 0.717) is 11.1 Å². The van der Waals surface area contributed by atoms with Gasteiger partial charge in [-0.15, -0.1) is 0 Å². The number of hydrogen-bond donors (Lipinski definition) is 6. The van der Waals surface area contributed by atoms with E-state index < -0.39 is 250 Å². The van der Waals surface area contributed by atoms with E-state index in [4.69, 9.17) is 80.9 Å². The van der Waals surface area contributed by atoms with Crippen molar-refractivity contribution in [1.29, 1.82) is 0 Å². The molecule has 0 spiro atoms. The van der Waals surface area contributed by atoms with E-state index in [1.54, 1.807) is 206 Å². The van der Waals surface area contributed by atoms with Gasteiger partial charge in [-0.3, -0.25) is 19.2 Å². The number of esters is 7. The van der Waals surface area contributed by atoms with E-state index in [1.165, 1.54) is 54.4 Å². The molecular weight excluding hydrogens is 1670 g/mol. The van der Waals surface area contributed by atoms with Crippen LogP contribution in [0.15, 0.2) is 144 Å². The van der Waals surface area contributed by atoms with Gasteiger partial charge in [0.1, 0.15) is 90.5 Å². The Morgan fingerprint density at radius 3 is 1.20 bits per heavy atom. The summed E-state index contributed by atoms with van der Waals surface area (Å²) in [6, 6.07) is 29.4. The Kier molecular flexibility index (Phi) is 28.8. The number of ketones is 2. The minimum absolute atomic E-state index is 0.0692. The monoisotopic (exact) mass is 1790 g/mol. The first-order valence-electron chi connectivity index (χ1n) is 42.3. The van der Waals surface area contributed by atoms with Gasteiger partial charge in [0.2, 0.25) is 6.10 Å². The van der Waals surface area contributed by atoms with Crippen LogP contribution in [0.4, 0.5) is 9.59 Å². The van der Waals surface area contributed by atoms with Crippen molar-refractivity contribution in [3.05, 3.63) is 166 Å². The third-order valence-electron chi connectivity index (χ3n) is 26.7. The lowest BCUT2D eigenvalue weighted by Gasteiger charge is -2.67. The molecule has 22 atom stereocenters. The third kappa shape index (κ3) is 18.4. The molecule has 696 valence electrons. The van der Waals surface area contributed by atoms with Crippen LogP contribution in [-0.4, -0.2) is 254 Å². The van der Waals surface area contributed by atoms with Crippen LogP contribution < -0.4 is 10.6 Å². The molecule has 4 bridgehead atoms. The molecule has 6 N–H and O–H groups in total. The summed E-state index contributed by atoms with van der Waals surface area (Å²) >= 11 is 0.